The molecule has 1 saturated carbocycles. The fourth-order valence-electron chi connectivity index (χ4n) is 3.07. The van der Waals surface area contributed by atoms with E-state index in [1.54, 1.807) is 0 Å². The molecular formula is C14H36N2Si3. The second-order valence-electron chi connectivity index (χ2n) is 8.81. The standard InChI is InChI=1S/C14H36N2Si3/c1-18(2,3)12-16(13-19(4,5)6)17-15-14-10-8-7-9-11-14/h14-15H,7-13,17H2,1-6H3. The highest BCUT2D eigenvalue weighted by Gasteiger charge is 2.24. The van der Waals surface area contributed by atoms with Crippen LogP contribution in [-0.4, -0.2) is 48.9 Å². The van der Waals surface area contributed by atoms with Crippen molar-refractivity contribution >= 4 is 26.0 Å². The molecule has 1 fully saturated rings. The first-order chi connectivity index (χ1) is 8.66. The zero-order valence-electron chi connectivity index (χ0n) is 14.2. The normalized spacial score (nSPS) is 19.7. The minimum Gasteiger partial charge on any atom is -0.328 e. The summed E-state index contributed by atoms with van der Waals surface area (Å²) < 4.78 is 2.87. The van der Waals surface area contributed by atoms with Crippen LogP contribution in [0.15, 0.2) is 0 Å². The third kappa shape index (κ3) is 9.18. The Balaban J connectivity index is 2.43. The Kier molecular flexibility index (Phi) is 7.00. The van der Waals surface area contributed by atoms with Gasteiger partial charge in [-0.2, -0.15) is 0 Å². The number of hydrogen-bond acceptors (Lipinski definition) is 2. The monoisotopic (exact) mass is 316 g/mol. The van der Waals surface area contributed by atoms with E-state index in [1.807, 2.05) is 0 Å². The van der Waals surface area contributed by atoms with E-state index < -0.39 is 16.1 Å². The summed E-state index contributed by atoms with van der Waals surface area (Å²) in [7, 11) is -2.15. The van der Waals surface area contributed by atoms with Gasteiger partial charge in [0.1, 0.15) is 0 Å². The second-order valence-corrected chi connectivity index (χ2v) is 21.3. The second kappa shape index (κ2) is 7.54. The molecule has 0 aromatic rings. The van der Waals surface area contributed by atoms with E-state index in [9.17, 15) is 0 Å². The molecule has 0 radical (unpaired) electrons. The lowest BCUT2D eigenvalue weighted by Gasteiger charge is -2.35. The first-order valence-electron chi connectivity index (χ1n) is 8.11. The predicted octanol–water partition coefficient (Wildman–Crippen LogP) is 2.96. The van der Waals surface area contributed by atoms with Gasteiger partial charge in [0.2, 0.25) is 0 Å². The van der Waals surface area contributed by atoms with Gasteiger partial charge in [-0.1, -0.05) is 58.5 Å². The van der Waals surface area contributed by atoms with Crippen LogP contribution in [0.25, 0.3) is 0 Å². The summed E-state index contributed by atoms with van der Waals surface area (Å²) in [5.41, 5.74) is 0. The Morgan fingerprint density at radius 1 is 0.895 bits per heavy atom. The van der Waals surface area contributed by atoms with Gasteiger partial charge in [-0.25, -0.2) is 0 Å². The quantitative estimate of drug-likeness (QED) is 0.727. The Morgan fingerprint density at radius 3 is 1.79 bits per heavy atom. The zero-order chi connectivity index (χ0) is 14.5. The molecule has 0 unspecified atom stereocenters. The van der Waals surface area contributed by atoms with Crippen molar-refractivity contribution in [2.75, 3.05) is 12.3 Å². The molecule has 0 aliphatic heterocycles. The first-order valence-corrected chi connectivity index (χ1v) is 16.9. The first kappa shape index (κ1) is 17.6. The van der Waals surface area contributed by atoms with E-state index in [2.05, 4.69) is 48.8 Å². The van der Waals surface area contributed by atoms with E-state index in [4.69, 9.17) is 0 Å². The van der Waals surface area contributed by atoms with Crippen molar-refractivity contribution in [1.29, 1.82) is 0 Å². The number of nitrogens with zero attached hydrogens (tertiary/aromatic N) is 1. The average molecular weight is 317 g/mol. The van der Waals surface area contributed by atoms with Crippen LogP contribution >= 0.6 is 0 Å². The molecule has 0 saturated heterocycles. The van der Waals surface area contributed by atoms with Gasteiger partial charge in [0.15, 0.2) is 9.84 Å². The van der Waals surface area contributed by atoms with Crippen LogP contribution in [0.2, 0.25) is 39.3 Å². The van der Waals surface area contributed by atoms with Crippen molar-refractivity contribution in [3.8, 4) is 0 Å². The van der Waals surface area contributed by atoms with Gasteiger partial charge in [-0.15, -0.1) is 0 Å². The molecule has 1 N–H and O–H groups in total. The van der Waals surface area contributed by atoms with Crippen LogP contribution in [0.4, 0.5) is 0 Å². The highest BCUT2D eigenvalue weighted by atomic mass is 28.3. The van der Waals surface area contributed by atoms with Crippen molar-refractivity contribution in [2.24, 2.45) is 0 Å². The van der Waals surface area contributed by atoms with Crippen LogP contribution in [0.3, 0.4) is 0 Å². The van der Waals surface area contributed by atoms with Crippen LogP contribution in [0, 0.1) is 0 Å². The molecular weight excluding hydrogens is 280 g/mol. The van der Waals surface area contributed by atoms with Crippen molar-refractivity contribution in [3.63, 3.8) is 0 Å². The highest BCUT2D eigenvalue weighted by molar-refractivity contribution is 6.78. The molecule has 0 atom stereocenters. The van der Waals surface area contributed by atoms with Gasteiger partial charge in [0, 0.05) is 6.04 Å². The Hall–Kier alpha value is 0.571. The van der Waals surface area contributed by atoms with E-state index >= 15 is 0 Å². The Labute approximate surface area is 125 Å². The fourth-order valence-corrected chi connectivity index (χ4v) is 12.0. The van der Waals surface area contributed by atoms with Gasteiger partial charge >= 0.3 is 0 Å². The Morgan fingerprint density at radius 2 is 1.37 bits per heavy atom. The van der Waals surface area contributed by atoms with Crippen molar-refractivity contribution in [2.45, 2.75) is 77.4 Å². The molecule has 1 aliphatic carbocycles. The maximum atomic E-state index is 3.98. The summed E-state index contributed by atoms with van der Waals surface area (Å²) in [5.74, 6) is 0. The van der Waals surface area contributed by atoms with Crippen molar-refractivity contribution in [1.82, 2.24) is 9.55 Å². The summed E-state index contributed by atoms with van der Waals surface area (Å²) in [6, 6.07) is 0.853. The number of hydrogen-bond donors (Lipinski definition) is 1. The number of nitrogens with one attached hydrogen (secondary N) is 1. The minimum absolute atomic E-state index is 0.226. The molecule has 0 bridgehead atoms. The van der Waals surface area contributed by atoms with Crippen LogP contribution in [0.1, 0.15) is 32.1 Å². The molecule has 5 heteroatoms. The average Bonchev–Trinajstić information content (AvgIpc) is 2.23. The van der Waals surface area contributed by atoms with E-state index in [1.165, 1.54) is 44.4 Å². The highest BCUT2D eigenvalue weighted by Crippen LogP contribution is 2.17. The van der Waals surface area contributed by atoms with Gasteiger partial charge in [0.25, 0.3) is 0 Å². The summed E-state index contributed by atoms with van der Waals surface area (Å²) in [5, 5.41) is 0. The molecule has 114 valence electrons. The van der Waals surface area contributed by atoms with E-state index in [-0.39, 0.29) is 9.84 Å². The molecule has 19 heavy (non-hydrogen) atoms. The van der Waals surface area contributed by atoms with E-state index in [0.29, 0.717) is 0 Å². The SMILES string of the molecule is C[Si](C)(C)CN(C[Si](C)(C)C)[SiH2]NC1CCCCC1. The minimum atomic E-state index is -0.964. The maximum Gasteiger partial charge on any atom is 0.170 e. The van der Waals surface area contributed by atoms with Gasteiger partial charge in [-0.05, 0) is 25.2 Å². The largest absolute Gasteiger partial charge is 0.328 e. The van der Waals surface area contributed by atoms with Gasteiger partial charge in [-0.3, -0.25) is 0 Å². The van der Waals surface area contributed by atoms with E-state index in [0.717, 1.165) is 6.04 Å². The molecule has 2 nitrogen and oxygen atoms in total. The predicted molar refractivity (Wildman–Crippen MR) is 96.8 cm³/mol. The molecule has 0 amide bonds. The summed E-state index contributed by atoms with van der Waals surface area (Å²) in [6.45, 7) is 15.1. The van der Waals surface area contributed by atoms with Crippen LogP contribution in [0.5, 0.6) is 0 Å². The Bertz CT molecular complexity index is 236. The summed E-state index contributed by atoms with van der Waals surface area (Å²) in [4.78, 5) is 3.98. The summed E-state index contributed by atoms with van der Waals surface area (Å²) in [6.07, 6.45) is 10.0. The third-order valence-corrected chi connectivity index (χ3v) is 8.95. The van der Waals surface area contributed by atoms with Gasteiger partial charge < -0.3 is 9.55 Å². The van der Waals surface area contributed by atoms with Crippen LogP contribution in [-0.2, 0) is 0 Å². The molecule has 0 spiro atoms. The van der Waals surface area contributed by atoms with Gasteiger partial charge in [0.05, 0.1) is 16.1 Å². The zero-order valence-corrected chi connectivity index (χ0v) is 17.6. The smallest absolute Gasteiger partial charge is 0.170 e. The topological polar surface area (TPSA) is 15.3 Å². The summed E-state index contributed by atoms with van der Waals surface area (Å²) >= 11 is 0. The molecule has 0 heterocycles. The fraction of sp³-hybridized carbons (Fsp3) is 1.00. The lowest BCUT2D eigenvalue weighted by Crippen LogP contribution is -2.54. The lowest BCUT2D eigenvalue weighted by atomic mass is 9.96. The molecule has 0 aromatic carbocycles. The van der Waals surface area contributed by atoms with Crippen molar-refractivity contribution in [3.05, 3.63) is 0 Å². The maximum absolute atomic E-state index is 3.98. The lowest BCUT2D eigenvalue weighted by molar-refractivity contribution is 0.408. The third-order valence-electron chi connectivity index (χ3n) is 3.60. The van der Waals surface area contributed by atoms with Crippen molar-refractivity contribution < 1.29 is 0 Å². The molecule has 1 rings (SSSR count). The number of rotatable bonds is 7. The molecule has 0 aromatic heterocycles. The van der Waals surface area contributed by atoms with Crippen LogP contribution < -0.4 is 4.98 Å². The molecule has 1 aliphatic rings.